The molecule has 0 aromatic heterocycles. The lowest BCUT2D eigenvalue weighted by atomic mass is 10.2. The van der Waals surface area contributed by atoms with Gasteiger partial charge in [-0.1, -0.05) is 34.9 Å². The van der Waals surface area contributed by atoms with E-state index in [-0.39, 0.29) is 13.4 Å². The van der Waals surface area contributed by atoms with Gasteiger partial charge in [0.1, 0.15) is 6.61 Å². The van der Waals surface area contributed by atoms with E-state index in [2.05, 4.69) is 0 Å². The lowest BCUT2D eigenvalue weighted by Gasteiger charge is -1.94. The number of rotatable bonds is 7. The molecule has 1 aromatic carbocycles. The monoisotopic (exact) mass is 229 g/mol. The molecule has 1 rings (SSSR count). The van der Waals surface area contributed by atoms with Gasteiger partial charge in [-0.15, -0.1) is 4.52 Å². The van der Waals surface area contributed by atoms with Crippen LogP contribution in [0.4, 0.5) is 0 Å². The summed E-state index contributed by atoms with van der Waals surface area (Å²) in [6.07, 6.45) is 0. The van der Waals surface area contributed by atoms with Crippen molar-refractivity contribution in [3.8, 4) is 0 Å². The third kappa shape index (κ3) is 5.60. The number of ether oxygens (including phenoxy) is 1. The lowest BCUT2D eigenvalue weighted by Crippen LogP contribution is -1.95. The van der Waals surface area contributed by atoms with Crippen LogP contribution in [0.5, 0.6) is 0 Å². The van der Waals surface area contributed by atoms with E-state index in [0.717, 1.165) is 5.56 Å². The highest BCUT2D eigenvalue weighted by atomic mass is 31.1. The summed E-state index contributed by atoms with van der Waals surface area (Å²) in [6.45, 7) is 2.64. The summed E-state index contributed by atoms with van der Waals surface area (Å²) in [5, 5.41) is 0. The van der Waals surface area contributed by atoms with Gasteiger partial charge in [-0.3, -0.25) is 0 Å². The number of hydrogen-bond donors (Lipinski definition) is 0. The highest BCUT2D eigenvalue weighted by molar-refractivity contribution is 7.33. The maximum Gasteiger partial charge on any atom is 0.700 e. The number of hydrogen-bond acceptors (Lipinski definition) is 4. The van der Waals surface area contributed by atoms with Gasteiger partial charge in [0.2, 0.25) is 6.79 Å². The minimum Gasteiger partial charge on any atom is -0.351 e. The van der Waals surface area contributed by atoms with Crippen LogP contribution in [0, 0.1) is 0 Å². The molecule has 1 atom stereocenters. The molecule has 0 aliphatic rings. The van der Waals surface area contributed by atoms with Crippen molar-refractivity contribution in [2.24, 2.45) is 0 Å². The van der Waals surface area contributed by atoms with Gasteiger partial charge < -0.3 is 4.74 Å². The van der Waals surface area contributed by atoms with E-state index in [9.17, 15) is 4.57 Å². The average Bonchev–Trinajstić information content (AvgIpc) is 2.28. The quantitative estimate of drug-likeness (QED) is 0.409. The Kier molecular flexibility index (Phi) is 6.12. The minimum atomic E-state index is -2.09. The van der Waals surface area contributed by atoms with E-state index in [1.54, 1.807) is 0 Å². The van der Waals surface area contributed by atoms with Crippen LogP contribution < -0.4 is 0 Å². The van der Waals surface area contributed by atoms with Crippen LogP contribution in [0.15, 0.2) is 30.3 Å². The molecule has 0 saturated carbocycles. The Morgan fingerprint density at radius 3 is 2.60 bits per heavy atom. The van der Waals surface area contributed by atoms with E-state index in [0.29, 0.717) is 6.61 Å². The van der Waals surface area contributed by atoms with Crippen LogP contribution in [0.2, 0.25) is 0 Å². The van der Waals surface area contributed by atoms with Crippen molar-refractivity contribution in [2.75, 3.05) is 13.4 Å². The van der Waals surface area contributed by atoms with Crippen molar-refractivity contribution in [1.82, 2.24) is 0 Å². The summed E-state index contributed by atoms with van der Waals surface area (Å²) in [6, 6.07) is 9.49. The summed E-state index contributed by atoms with van der Waals surface area (Å²) in [5.41, 5.74) is 0.959. The molecule has 0 aliphatic carbocycles. The van der Waals surface area contributed by atoms with Gasteiger partial charge in [0.15, 0.2) is 0 Å². The first-order chi connectivity index (χ1) is 7.33. The third-order valence-corrected chi connectivity index (χ3v) is 2.28. The standard InChI is InChI=1S/C10H14O4P/c1-2-12-9-14-15(11)13-8-10-6-4-3-5-7-10/h3-7H,2,8-9H2,1H3/q+1. The molecule has 0 N–H and O–H groups in total. The maximum atomic E-state index is 11.1. The molecule has 0 bridgehead atoms. The molecule has 0 radical (unpaired) electrons. The van der Waals surface area contributed by atoms with Gasteiger partial charge in [-0.25, -0.2) is 0 Å². The van der Waals surface area contributed by atoms with Crippen LogP contribution in [-0.2, 0) is 25.0 Å². The summed E-state index contributed by atoms with van der Waals surface area (Å²) >= 11 is 0. The second-order valence-electron chi connectivity index (χ2n) is 2.72. The predicted octanol–water partition coefficient (Wildman–Crippen LogP) is 2.87. The van der Waals surface area contributed by atoms with E-state index >= 15 is 0 Å². The summed E-state index contributed by atoms with van der Waals surface area (Å²) < 4.78 is 25.7. The SMILES string of the molecule is CCOCO[P+](=O)OCc1ccccc1. The van der Waals surface area contributed by atoms with Gasteiger partial charge >= 0.3 is 8.25 Å². The number of benzene rings is 1. The fourth-order valence-corrected chi connectivity index (χ4v) is 1.39. The zero-order valence-corrected chi connectivity index (χ0v) is 9.48. The largest absolute Gasteiger partial charge is 0.700 e. The smallest absolute Gasteiger partial charge is 0.351 e. The first kappa shape index (κ1) is 12.3. The van der Waals surface area contributed by atoms with Crippen molar-refractivity contribution in [3.63, 3.8) is 0 Å². The Morgan fingerprint density at radius 2 is 1.93 bits per heavy atom. The fraction of sp³-hybridized carbons (Fsp3) is 0.400. The molecule has 0 spiro atoms. The Labute approximate surface area is 90.1 Å². The van der Waals surface area contributed by atoms with Crippen LogP contribution in [-0.4, -0.2) is 13.4 Å². The molecule has 0 amide bonds. The van der Waals surface area contributed by atoms with E-state index < -0.39 is 8.25 Å². The van der Waals surface area contributed by atoms with Gasteiger partial charge in [0.05, 0.1) is 0 Å². The van der Waals surface area contributed by atoms with Crippen molar-refractivity contribution >= 4 is 8.25 Å². The third-order valence-electron chi connectivity index (χ3n) is 1.63. The minimum absolute atomic E-state index is 0.000489. The molecule has 5 heteroatoms. The second-order valence-corrected chi connectivity index (χ2v) is 3.69. The highest BCUT2D eigenvalue weighted by Crippen LogP contribution is 2.25. The van der Waals surface area contributed by atoms with Crippen molar-refractivity contribution in [3.05, 3.63) is 35.9 Å². The van der Waals surface area contributed by atoms with Crippen LogP contribution in [0.3, 0.4) is 0 Å². The summed E-state index contributed by atoms with van der Waals surface area (Å²) in [4.78, 5) is 0. The summed E-state index contributed by atoms with van der Waals surface area (Å²) in [7, 11) is -2.09. The molecule has 15 heavy (non-hydrogen) atoms. The van der Waals surface area contributed by atoms with Gasteiger partial charge in [0.25, 0.3) is 0 Å². The Bertz CT molecular complexity index is 289. The lowest BCUT2D eigenvalue weighted by molar-refractivity contribution is 0.0162. The van der Waals surface area contributed by atoms with Crippen molar-refractivity contribution in [1.29, 1.82) is 0 Å². The van der Waals surface area contributed by atoms with Crippen LogP contribution in [0.25, 0.3) is 0 Å². The van der Waals surface area contributed by atoms with E-state index in [4.69, 9.17) is 13.8 Å². The molecule has 1 unspecified atom stereocenters. The topological polar surface area (TPSA) is 44.8 Å². The molecule has 82 valence electrons. The normalized spacial score (nSPS) is 11.4. The predicted molar refractivity (Wildman–Crippen MR) is 56.4 cm³/mol. The summed E-state index contributed by atoms with van der Waals surface area (Å²) in [5.74, 6) is 0. The molecule has 0 fully saturated rings. The van der Waals surface area contributed by atoms with Gasteiger partial charge in [-0.2, -0.15) is 0 Å². The average molecular weight is 229 g/mol. The highest BCUT2D eigenvalue weighted by Gasteiger charge is 2.19. The Balaban J connectivity index is 2.17. The van der Waals surface area contributed by atoms with E-state index in [1.165, 1.54) is 0 Å². The molecule has 0 aliphatic heterocycles. The maximum absolute atomic E-state index is 11.1. The zero-order chi connectivity index (χ0) is 10.9. The first-order valence-corrected chi connectivity index (χ1v) is 5.77. The molecule has 4 nitrogen and oxygen atoms in total. The van der Waals surface area contributed by atoms with Crippen molar-refractivity contribution in [2.45, 2.75) is 13.5 Å². The molecule has 1 aromatic rings. The zero-order valence-electron chi connectivity index (χ0n) is 8.59. The van der Waals surface area contributed by atoms with Crippen LogP contribution in [0.1, 0.15) is 12.5 Å². The van der Waals surface area contributed by atoms with E-state index in [1.807, 2.05) is 37.3 Å². The van der Waals surface area contributed by atoms with Gasteiger partial charge in [-0.05, 0) is 12.5 Å². The molecule has 0 saturated heterocycles. The molecule has 0 heterocycles. The Morgan fingerprint density at radius 1 is 1.20 bits per heavy atom. The molecular weight excluding hydrogens is 215 g/mol. The Hall–Kier alpha value is -0.800. The van der Waals surface area contributed by atoms with Crippen molar-refractivity contribution < 1.29 is 18.3 Å². The van der Waals surface area contributed by atoms with Crippen LogP contribution >= 0.6 is 8.25 Å². The van der Waals surface area contributed by atoms with Gasteiger partial charge in [0, 0.05) is 11.2 Å². The fourth-order valence-electron chi connectivity index (χ4n) is 0.902. The first-order valence-electron chi connectivity index (χ1n) is 4.67. The second kappa shape index (κ2) is 7.49. The molecular formula is C10H14O4P+.